The number of rotatable bonds is 22. The van der Waals surface area contributed by atoms with Gasteiger partial charge in [0.2, 0.25) is 0 Å². The molecule has 1 nitrogen and oxygen atoms in total. The molecule has 0 aliphatic rings. The molecule has 0 radical (unpaired) electrons. The Bertz CT molecular complexity index is 261. The first kappa shape index (κ1) is 25.7. The summed E-state index contributed by atoms with van der Waals surface area (Å²) in [6, 6.07) is 0.346. The third kappa shape index (κ3) is 21.7. The molecular weight excluding hydrogens is 314 g/mol. The molecule has 0 rings (SSSR count). The van der Waals surface area contributed by atoms with E-state index in [2.05, 4.69) is 13.5 Å². The molecule has 0 aromatic rings. The van der Waals surface area contributed by atoms with E-state index < -0.39 is 0 Å². The van der Waals surface area contributed by atoms with Gasteiger partial charge in [-0.1, -0.05) is 135 Å². The molecule has 1 atom stereocenters. The van der Waals surface area contributed by atoms with Gasteiger partial charge >= 0.3 is 0 Å². The van der Waals surface area contributed by atoms with Crippen molar-refractivity contribution in [1.82, 2.24) is 0 Å². The first-order valence-electron chi connectivity index (χ1n) is 12.2. The van der Waals surface area contributed by atoms with E-state index in [9.17, 15) is 0 Å². The third-order valence-electron chi connectivity index (χ3n) is 5.65. The first-order chi connectivity index (χ1) is 12.8. The Hall–Kier alpha value is -0.300. The van der Waals surface area contributed by atoms with Gasteiger partial charge < -0.3 is 5.73 Å². The highest BCUT2D eigenvalue weighted by molar-refractivity contribution is 4.74. The molecule has 0 saturated carbocycles. The van der Waals surface area contributed by atoms with Crippen molar-refractivity contribution in [3.8, 4) is 0 Å². The van der Waals surface area contributed by atoms with Crippen LogP contribution in [0.25, 0.3) is 0 Å². The Morgan fingerprint density at radius 2 is 0.885 bits per heavy atom. The zero-order valence-electron chi connectivity index (χ0n) is 18.3. The summed E-state index contributed by atoms with van der Waals surface area (Å²) in [5, 5.41) is 0. The highest BCUT2D eigenvalue weighted by Crippen LogP contribution is 2.15. The molecule has 0 heterocycles. The van der Waals surface area contributed by atoms with Crippen molar-refractivity contribution in [2.75, 3.05) is 0 Å². The lowest BCUT2D eigenvalue weighted by Gasteiger charge is -2.08. The van der Waals surface area contributed by atoms with Gasteiger partial charge in [0.25, 0.3) is 0 Å². The molecule has 0 saturated heterocycles. The molecule has 0 bridgehead atoms. The largest absolute Gasteiger partial charge is 0.327 e. The van der Waals surface area contributed by atoms with Gasteiger partial charge in [-0.3, -0.25) is 0 Å². The van der Waals surface area contributed by atoms with Crippen LogP contribution in [0, 0.1) is 0 Å². The maximum atomic E-state index is 5.99. The van der Waals surface area contributed by atoms with Crippen molar-refractivity contribution in [1.29, 1.82) is 0 Å². The Morgan fingerprint density at radius 3 is 1.19 bits per heavy atom. The highest BCUT2D eigenvalue weighted by Gasteiger charge is 1.99. The van der Waals surface area contributed by atoms with Crippen molar-refractivity contribution in [3.63, 3.8) is 0 Å². The van der Waals surface area contributed by atoms with Crippen LogP contribution in [0.1, 0.15) is 142 Å². The normalized spacial score (nSPS) is 12.4. The minimum Gasteiger partial charge on any atom is -0.327 e. The number of nitrogens with two attached hydrogens (primary N) is 1. The van der Waals surface area contributed by atoms with Crippen molar-refractivity contribution in [3.05, 3.63) is 12.7 Å². The lowest BCUT2D eigenvalue weighted by molar-refractivity contribution is 0.512. The fraction of sp³-hybridized carbons (Fsp3) is 0.920. The predicted octanol–water partition coefficient (Wildman–Crippen LogP) is 8.71. The predicted molar refractivity (Wildman–Crippen MR) is 121 cm³/mol. The van der Waals surface area contributed by atoms with E-state index in [1.165, 1.54) is 128 Å². The molecule has 156 valence electrons. The first-order valence-corrected chi connectivity index (χ1v) is 12.2. The molecule has 0 aliphatic heterocycles. The Kier molecular flexibility index (Phi) is 22.5. The minimum absolute atomic E-state index is 0.346. The fourth-order valence-corrected chi connectivity index (χ4v) is 3.82. The smallest absolute Gasteiger partial charge is 0.00733 e. The van der Waals surface area contributed by atoms with E-state index in [0.29, 0.717) is 6.04 Å². The molecule has 0 amide bonds. The van der Waals surface area contributed by atoms with Crippen molar-refractivity contribution in [2.24, 2.45) is 5.73 Å². The zero-order chi connectivity index (χ0) is 19.1. The van der Waals surface area contributed by atoms with E-state index in [0.717, 1.165) is 6.42 Å². The van der Waals surface area contributed by atoms with Gasteiger partial charge in [0.15, 0.2) is 0 Å². The second-order valence-corrected chi connectivity index (χ2v) is 8.44. The number of hydrogen-bond acceptors (Lipinski definition) is 1. The van der Waals surface area contributed by atoms with Gasteiger partial charge in [0, 0.05) is 6.04 Å². The average Bonchev–Trinajstić information content (AvgIpc) is 2.64. The lowest BCUT2D eigenvalue weighted by atomic mass is 10.0. The van der Waals surface area contributed by atoms with Crippen LogP contribution in [0.15, 0.2) is 12.7 Å². The van der Waals surface area contributed by atoms with Gasteiger partial charge in [-0.15, -0.1) is 6.58 Å². The second-order valence-electron chi connectivity index (χ2n) is 8.44. The van der Waals surface area contributed by atoms with Crippen molar-refractivity contribution in [2.45, 2.75) is 148 Å². The molecule has 1 unspecified atom stereocenters. The van der Waals surface area contributed by atoms with Gasteiger partial charge in [-0.2, -0.15) is 0 Å². The molecular formula is C25H51N. The van der Waals surface area contributed by atoms with Crippen molar-refractivity contribution >= 4 is 0 Å². The quantitative estimate of drug-likeness (QED) is 0.151. The van der Waals surface area contributed by atoms with Crippen LogP contribution < -0.4 is 5.73 Å². The summed E-state index contributed by atoms with van der Waals surface area (Å²) in [5.74, 6) is 0. The molecule has 0 aromatic carbocycles. The molecule has 0 fully saturated rings. The average molecular weight is 366 g/mol. The summed E-state index contributed by atoms with van der Waals surface area (Å²) in [4.78, 5) is 0. The summed E-state index contributed by atoms with van der Waals surface area (Å²) in [7, 11) is 0. The molecule has 0 aliphatic carbocycles. The SMILES string of the molecule is C=CCC(N)CCCCCCCCCCCCCCCCCCCCC. The van der Waals surface area contributed by atoms with E-state index in [-0.39, 0.29) is 0 Å². The van der Waals surface area contributed by atoms with Crippen LogP contribution in [0.4, 0.5) is 0 Å². The number of unbranched alkanes of at least 4 members (excludes halogenated alkanes) is 18. The summed E-state index contributed by atoms with van der Waals surface area (Å²) in [5.41, 5.74) is 5.99. The van der Waals surface area contributed by atoms with Crippen molar-refractivity contribution < 1.29 is 0 Å². The molecule has 0 spiro atoms. The molecule has 26 heavy (non-hydrogen) atoms. The van der Waals surface area contributed by atoms with Gasteiger partial charge in [0.05, 0.1) is 0 Å². The van der Waals surface area contributed by atoms with Gasteiger partial charge in [0.1, 0.15) is 0 Å². The van der Waals surface area contributed by atoms with E-state index >= 15 is 0 Å². The zero-order valence-corrected chi connectivity index (χ0v) is 18.3. The Balaban J connectivity index is 3.02. The third-order valence-corrected chi connectivity index (χ3v) is 5.65. The Labute approximate surface area is 166 Å². The monoisotopic (exact) mass is 365 g/mol. The maximum Gasteiger partial charge on any atom is 0.00733 e. The Morgan fingerprint density at radius 1 is 0.577 bits per heavy atom. The lowest BCUT2D eigenvalue weighted by Crippen LogP contribution is -2.18. The van der Waals surface area contributed by atoms with E-state index in [1.54, 1.807) is 0 Å². The van der Waals surface area contributed by atoms with Gasteiger partial charge in [-0.05, 0) is 12.8 Å². The van der Waals surface area contributed by atoms with Crippen LogP contribution in [-0.4, -0.2) is 6.04 Å². The molecule has 1 heteroatoms. The van der Waals surface area contributed by atoms with Gasteiger partial charge in [-0.25, -0.2) is 0 Å². The van der Waals surface area contributed by atoms with Crippen LogP contribution in [-0.2, 0) is 0 Å². The van der Waals surface area contributed by atoms with Crippen LogP contribution in [0.3, 0.4) is 0 Å². The summed E-state index contributed by atoms with van der Waals surface area (Å²) in [6.07, 6.45) is 31.4. The molecule has 0 aromatic heterocycles. The van der Waals surface area contributed by atoms with E-state index in [4.69, 9.17) is 5.73 Å². The summed E-state index contributed by atoms with van der Waals surface area (Å²) < 4.78 is 0. The standard InChI is InChI=1S/C25H51N/c1-3-5-6-7-8-9-10-11-12-13-14-15-16-17-18-19-20-21-22-24-25(26)23-4-2/h4,25H,2-3,5-24,26H2,1H3. The van der Waals surface area contributed by atoms with E-state index in [1.807, 2.05) is 6.08 Å². The van der Waals surface area contributed by atoms with Crippen LogP contribution in [0.5, 0.6) is 0 Å². The topological polar surface area (TPSA) is 26.0 Å². The highest BCUT2D eigenvalue weighted by atomic mass is 14.6. The van der Waals surface area contributed by atoms with Crippen LogP contribution in [0.2, 0.25) is 0 Å². The summed E-state index contributed by atoms with van der Waals surface area (Å²) >= 11 is 0. The fourth-order valence-electron chi connectivity index (χ4n) is 3.82. The maximum absolute atomic E-state index is 5.99. The minimum atomic E-state index is 0.346. The number of hydrogen-bond donors (Lipinski definition) is 1. The summed E-state index contributed by atoms with van der Waals surface area (Å²) in [6.45, 7) is 6.05. The molecule has 2 N–H and O–H groups in total. The second kappa shape index (κ2) is 22.7. The van der Waals surface area contributed by atoms with Crippen LogP contribution >= 0.6 is 0 Å².